The molecular formula is C11H16N2O6. The molecular weight excluding hydrogens is 256 g/mol. The maximum absolute atomic E-state index is 10.7. The van der Waals surface area contributed by atoms with Crippen LogP contribution in [0.1, 0.15) is 38.5 Å². The molecule has 8 heteroatoms. The fourth-order valence-electron chi connectivity index (χ4n) is 4.99. The van der Waals surface area contributed by atoms with Crippen LogP contribution >= 0.6 is 0 Å². The van der Waals surface area contributed by atoms with E-state index in [1.54, 1.807) is 0 Å². The standard InChI is InChI=1S/C11H16N2O6/c14-12(15)18-7-10-2-8-1-9(3-10)5-11(4-8,6-10)19-13(16)17/h8-9H,1-7H2. The first-order valence-electron chi connectivity index (χ1n) is 6.51. The molecule has 0 N–H and O–H groups in total. The zero-order chi connectivity index (χ0) is 13.7. The minimum absolute atomic E-state index is 0.0375. The normalized spacial score (nSPS) is 42.9. The molecule has 2 atom stereocenters. The van der Waals surface area contributed by atoms with Crippen LogP contribution in [0.3, 0.4) is 0 Å². The molecule has 0 aromatic carbocycles. The Bertz CT molecular complexity index is 411. The van der Waals surface area contributed by atoms with Crippen molar-refractivity contribution in [1.29, 1.82) is 0 Å². The van der Waals surface area contributed by atoms with E-state index < -0.39 is 15.8 Å². The Morgan fingerprint density at radius 2 is 1.68 bits per heavy atom. The number of rotatable bonds is 5. The Hall–Kier alpha value is -1.60. The molecule has 0 radical (unpaired) electrons. The molecule has 0 spiro atoms. The minimum Gasteiger partial charge on any atom is -0.313 e. The van der Waals surface area contributed by atoms with Crippen molar-refractivity contribution in [2.45, 2.75) is 44.1 Å². The predicted octanol–water partition coefficient (Wildman–Crippen LogP) is 1.74. The SMILES string of the molecule is O=[N+]([O-])OCC12CC3CC(C1)CC(O[N+](=O)[O-])(C3)C2. The Balaban J connectivity index is 1.80. The van der Waals surface area contributed by atoms with Gasteiger partial charge in [-0.25, -0.2) is 0 Å². The summed E-state index contributed by atoms with van der Waals surface area (Å²) in [6.45, 7) is 0.0375. The molecule has 0 aromatic heterocycles. The van der Waals surface area contributed by atoms with Gasteiger partial charge in [-0.3, -0.25) is 0 Å². The second kappa shape index (κ2) is 3.94. The van der Waals surface area contributed by atoms with Crippen LogP contribution in [0, 0.1) is 37.5 Å². The largest absolute Gasteiger partial charge is 0.313 e. The quantitative estimate of drug-likeness (QED) is 0.557. The Morgan fingerprint density at radius 1 is 1.05 bits per heavy atom. The Kier molecular flexibility index (Phi) is 2.58. The van der Waals surface area contributed by atoms with E-state index in [-0.39, 0.29) is 12.0 Å². The first-order chi connectivity index (χ1) is 8.90. The van der Waals surface area contributed by atoms with E-state index in [4.69, 9.17) is 4.84 Å². The molecule has 0 amide bonds. The molecule has 0 heterocycles. The lowest BCUT2D eigenvalue weighted by Crippen LogP contribution is -2.58. The van der Waals surface area contributed by atoms with Gasteiger partial charge >= 0.3 is 0 Å². The average Bonchev–Trinajstić information content (AvgIpc) is 2.22. The zero-order valence-electron chi connectivity index (χ0n) is 10.4. The molecule has 106 valence electrons. The highest BCUT2D eigenvalue weighted by atomic mass is 17.0. The topological polar surface area (TPSA) is 105 Å². The van der Waals surface area contributed by atoms with E-state index in [2.05, 4.69) is 4.84 Å². The van der Waals surface area contributed by atoms with Crippen molar-refractivity contribution in [2.24, 2.45) is 17.3 Å². The molecule has 2 unspecified atom stereocenters. The van der Waals surface area contributed by atoms with Crippen LogP contribution in [0.5, 0.6) is 0 Å². The van der Waals surface area contributed by atoms with Gasteiger partial charge in [0, 0.05) is 0 Å². The number of nitrogens with zero attached hydrogens (tertiary/aromatic N) is 2. The van der Waals surface area contributed by atoms with Gasteiger partial charge in [0.2, 0.25) is 0 Å². The van der Waals surface area contributed by atoms with E-state index in [0.29, 0.717) is 31.1 Å². The molecule has 19 heavy (non-hydrogen) atoms. The number of hydrogen-bond donors (Lipinski definition) is 0. The van der Waals surface area contributed by atoms with E-state index >= 15 is 0 Å². The molecule has 4 aliphatic rings. The second-order valence-electron chi connectivity index (χ2n) is 6.46. The highest BCUT2D eigenvalue weighted by Crippen LogP contribution is 2.62. The Labute approximate surface area is 109 Å². The first-order valence-corrected chi connectivity index (χ1v) is 6.51. The van der Waals surface area contributed by atoms with Crippen LogP contribution in [0.25, 0.3) is 0 Å². The summed E-state index contributed by atoms with van der Waals surface area (Å²) in [5, 5.41) is 19.6. The summed E-state index contributed by atoms with van der Waals surface area (Å²) in [5.41, 5.74) is -1.04. The summed E-state index contributed by atoms with van der Waals surface area (Å²) in [6, 6.07) is 0. The van der Waals surface area contributed by atoms with Crippen LogP contribution in [0.4, 0.5) is 0 Å². The monoisotopic (exact) mass is 272 g/mol. The average molecular weight is 272 g/mol. The van der Waals surface area contributed by atoms with Gasteiger partial charge in [-0.1, -0.05) is 0 Å². The van der Waals surface area contributed by atoms with Gasteiger partial charge in [0.1, 0.15) is 12.2 Å². The second-order valence-corrected chi connectivity index (χ2v) is 6.46. The lowest BCUT2D eigenvalue weighted by Gasteiger charge is -2.60. The van der Waals surface area contributed by atoms with Crippen molar-refractivity contribution in [3.8, 4) is 0 Å². The van der Waals surface area contributed by atoms with E-state index in [0.717, 1.165) is 19.3 Å². The molecule has 4 fully saturated rings. The fourth-order valence-corrected chi connectivity index (χ4v) is 4.99. The van der Waals surface area contributed by atoms with Crippen LogP contribution in [-0.2, 0) is 9.68 Å². The molecule has 4 saturated carbocycles. The summed E-state index contributed by atoms with van der Waals surface area (Å²) in [4.78, 5) is 30.6. The third-order valence-corrected chi connectivity index (χ3v) is 4.87. The van der Waals surface area contributed by atoms with E-state index in [1.165, 1.54) is 0 Å². The molecule has 0 aliphatic heterocycles. The summed E-state index contributed by atoms with van der Waals surface area (Å²) in [7, 11) is 0. The van der Waals surface area contributed by atoms with E-state index in [1.807, 2.05) is 0 Å². The van der Waals surface area contributed by atoms with Crippen molar-refractivity contribution >= 4 is 0 Å². The summed E-state index contributed by atoms with van der Waals surface area (Å²) in [6.07, 6.45) is 4.68. The molecule has 0 aromatic rings. The maximum atomic E-state index is 10.7. The first kappa shape index (κ1) is 12.4. The summed E-state index contributed by atoms with van der Waals surface area (Å²) >= 11 is 0. The lowest BCUT2D eigenvalue weighted by molar-refractivity contribution is -0.787. The van der Waals surface area contributed by atoms with Crippen LogP contribution < -0.4 is 0 Å². The van der Waals surface area contributed by atoms with Gasteiger partial charge in [-0.15, -0.1) is 20.2 Å². The highest BCUT2D eigenvalue weighted by Gasteiger charge is 2.59. The maximum Gasteiger partial charge on any atom is 0.295 e. The van der Waals surface area contributed by atoms with Crippen molar-refractivity contribution in [2.75, 3.05) is 6.61 Å². The van der Waals surface area contributed by atoms with Crippen molar-refractivity contribution in [3.63, 3.8) is 0 Å². The lowest BCUT2D eigenvalue weighted by atomic mass is 9.48. The van der Waals surface area contributed by atoms with Crippen LogP contribution in [0.15, 0.2) is 0 Å². The molecule has 8 nitrogen and oxygen atoms in total. The van der Waals surface area contributed by atoms with Gasteiger partial charge in [-0.2, -0.15) is 0 Å². The smallest absolute Gasteiger partial charge is 0.295 e. The van der Waals surface area contributed by atoms with Gasteiger partial charge < -0.3 is 9.68 Å². The summed E-state index contributed by atoms with van der Waals surface area (Å²) < 4.78 is 0. The van der Waals surface area contributed by atoms with Gasteiger partial charge in [-0.05, 0) is 55.8 Å². The highest BCUT2D eigenvalue weighted by molar-refractivity contribution is 5.08. The zero-order valence-corrected chi connectivity index (χ0v) is 10.4. The third kappa shape index (κ3) is 2.19. The fraction of sp³-hybridized carbons (Fsp3) is 1.00. The summed E-state index contributed by atoms with van der Waals surface area (Å²) in [5.74, 6) is 0.744. The molecule has 4 aliphatic carbocycles. The van der Waals surface area contributed by atoms with Gasteiger partial charge in [0.05, 0.1) is 0 Å². The van der Waals surface area contributed by atoms with Gasteiger partial charge in [0.25, 0.3) is 10.2 Å². The van der Waals surface area contributed by atoms with Crippen molar-refractivity contribution < 1.29 is 19.8 Å². The van der Waals surface area contributed by atoms with Crippen molar-refractivity contribution in [1.82, 2.24) is 0 Å². The number of hydrogen-bond acceptors (Lipinski definition) is 6. The van der Waals surface area contributed by atoms with Crippen LogP contribution in [0.2, 0.25) is 0 Å². The van der Waals surface area contributed by atoms with Gasteiger partial charge in [0.15, 0.2) is 0 Å². The van der Waals surface area contributed by atoms with Crippen molar-refractivity contribution in [3.05, 3.63) is 20.2 Å². The minimum atomic E-state index is -0.778. The predicted molar refractivity (Wildman–Crippen MR) is 60.9 cm³/mol. The molecule has 0 saturated heterocycles. The Morgan fingerprint density at radius 3 is 2.21 bits per heavy atom. The van der Waals surface area contributed by atoms with Crippen LogP contribution in [-0.4, -0.2) is 22.4 Å². The molecule has 4 rings (SSSR count). The third-order valence-electron chi connectivity index (χ3n) is 4.87. The molecule has 4 bridgehead atoms. The van der Waals surface area contributed by atoms with E-state index in [9.17, 15) is 20.2 Å².